The number of fused-ring (bicyclic) bond motifs is 1. The molecule has 0 bridgehead atoms. The van der Waals surface area contributed by atoms with Crippen LogP contribution >= 0.6 is 0 Å². The quantitative estimate of drug-likeness (QED) is 0.658. The maximum Gasteiger partial charge on any atom is 0.322 e. The molecule has 2 aliphatic heterocycles. The third kappa shape index (κ3) is 4.13. The van der Waals surface area contributed by atoms with Crippen LogP contribution in [0.1, 0.15) is 19.5 Å². The molecule has 0 unspecified atom stereocenters. The molecule has 33 heavy (non-hydrogen) atoms. The largest absolute Gasteiger partial charge is 0.322 e. The first-order valence-corrected chi connectivity index (χ1v) is 11.3. The number of anilines is 2. The Labute approximate surface area is 186 Å². The Balaban J connectivity index is 1.60. The normalized spacial score (nSPS) is 19.4. The number of nitrogens with zero attached hydrogens (tertiary/aromatic N) is 5. The highest BCUT2D eigenvalue weighted by Gasteiger charge is 2.35. The number of aromatic nitrogens is 2. The second-order valence-electron chi connectivity index (χ2n) is 7.64. The zero-order valence-corrected chi connectivity index (χ0v) is 18.3. The predicted octanol–water partition coefficient (Wildman–Crippen LogP) is 2.16. The zero-order chi connectivity index (χ0) is 24.1. The zero-order valence-electron chi connectivity index (χ0n) is 17.5. The van der Waals surface area contributed by atoms with Gasteiger partial charge in [0.1, 0.15) is 5.88 Å². The van der Waals surface area contributed by atoms with E-state index < -0.39 is 51.3 Å². The van der Waals surface area contributed by atoms with Crippen molar-refractivity contribution in [3.63, 3.8) is 0 Å². The number of carbonyl (C=O) groups excluding carboxylic acids is 2. The molecule has 1 aromatic heterocycles. The Morgan fingerprint density at radius 2 is 1.82 bits per heavy atom. The van der Waals surface area contributed by atoms with Gasteiger partial charge in [0.05, 0.1) is 36.7 Å². The molecule has 0 saturated heterocycles. The van der Waals surface area contributed by atoms with Gasteiger partial charge in [-0.15, -0.1) is 0 Å². The average molecular weight is 484 g/mol. The van der Waals surface area contributed by atoms with Crippen molar-refractivity contribution in [3.05, 3.63) is 53.9 Å². The van der Waals surface area contributed by atoms with E-state index in [0.717, 1.165) is 9.21 Å². The monoisotopic (exact) mass is 484 g/mol. The fourth-order valence-electron chi connectivity index (χ4n) is 3.61. The molecule has 10 nitrogen and oxygen atoms in total. The van der Waals surface area contributed by atoms with Gasteiger partial charge in [-0.25, -0.2) is 30.7 Å². The van der Waals surface area contributed by atoms with E-state index in [-0.39, 0.29) is 24.5 Å². The van der Waals surface area contributed by atoms with Crippen molar-refractivity contribution in [1.29, 1.82) is 0 Å². The second kappa shape index (κ2) is 8.10. The number of hydrogen-bond acceptors (Lipinski definition) is 5. The number of halogens is 3. The Morgan fingerprint density at radius 1 is 1.15 bits per heavy atom. The van der Waals surface area contributed by atoms with Gasteiger partial charge in [-0.2, -0.15) is 5.10 Å². The highest BCUT2D eigenvalue weighted by Crippen LogP contribution is 2.31. The summed E-state index contributed by atoms with van der Waals surface area (Å²) in [5, 5.41) is 6.54. The lowest BCUT2D eigenvalue weighted by molar-refractivity contribution is -0.125. The molecular formula is C19H19F3N6O4S. The van der Waals surface area contributed by atoms with Crippen LogP contribution in [0.3, 0.4) is 0 Å². The Hall–Kier alpha value is -3.55. The summed E-state index contributed by atoms with van der Waals surface area (Å²) in [4.78, 5) is 26.7. The number of amides is 3. The third-order valence-electron chi connectivity index (χ3n) is 5.34. The number of carbonyl (C=O) groups is 2. The van der Waals surface area contributed by atoms with Crippen molar-refractivity contribution < 1.29 is 31.2 Å². The Kier molecular flexibility index (Phi) is 5.56. The summed E-state index contributed by atoms with van der Waals surface area (Å²) in [6.07, 6.45) is 3.91. The van der Waals surface area contributed by atoms with Crippen molar-refractivity contribution >= 4 is 33.3 Å². The summed E-state index contributed by atoms with van der Waals surface area (Å²) in [6.45, 7) is 3.13. The molecule has 2 aliphatic rings. The lowest BCUT2D eigenvalue weighted by atomic mass is 10.2. The molecule has 0 saturated carbocycles. The van der Waals surface area contributed by atoms with Crippen molar-refractivity contribution in [1.82, 2.24) is 19.6 Å². The third-order valence-corrected chi connectivity index (χ3v) is 6.86. The van der Waals surface area contributed by atoms with Crippen molar-refractivity contribution in [2.45, 2.75) is 33.0 Å². The molecule has 2 aromatic rings. The van der Waals surface area contributed by atoms with Gasteiger partial charge in [0.25, 0.3) is 10.0 Å². The van der Waals surface area contributed by atoms with Crippen LogP contribution in [0.4, 0.5) is 29.3 Å². The Morgan fingerprint density at radius 3 is 2.42 bits per heavy atom. The molecule has 0 fully saturated rings. The number of nitrogens with one attached hydrogen (secondary N) is 1. The predicted molar refractivity (Wildman–Crippen MR) is 110 cm³/mol. The highest BCUT2D eigenvalue weighted by atomic mass is 32.2. The minimum atomic E-state index is -3.93. The molecule has 14 heteroatoms. The van der Waals surface area contributed by atoms with Crippen LogP contribution in [0.5, 0.6) is 0 Å². The fraction of sp³-hybridized carbons (Fsp3) is 0.316. The molecular weight excluding hydrogens is 465 g/mol. The van der Waals surface area contributed by atoms with Gasteiger partial charge < -0.3 is 15.1 Å². The number of sulfonamides is 1. The molecule has 3 amide bonds. The van der Waals surface area contributed by atoms with E-state index in [4.69, 9.17) is 0 Å². The summed E-state index contributed by atoms with van der Waals surface area (Å²) in [7, 11) is -3.93. The smallest absolute Gasteiger partial charge is 0.314 e. The Bertz CT molecular complexity index is 1260. The van der Waals surface area contributed by atoms with Crippen LogP contribution in [0.25, 0.3) is 0 Å². The van der Waals surface area contributed by atoms with Crippen LogP contribution in [-0.2, 0) is 27.9 Å². The molecule has 3 heterocycles. The van der Waals surface area contributed by atoms with Gasteiger partial charge >= 0.3 is 6.03 Å². The van der Waals surface area contributed by atoms with E-state index >= 15 is 0 Å². The minimum absolute atomic E-state index is 0.0647. The summed E-state index contributed by atoms with van der Waals surface area (Å²) >= 11 is 0. The maximum absolute atomic E-state index is 13.5. The molecule has 4 rings (SSSR count). The fourth-order valence-corrected chi connectivity index (χ4v) is 5.04. The lowest BCUT2D eigenvalue weighted by Gasteiger charge is -2.35. The first-order valence-electron chi connectivity index (χ1n) is 9.72. The van der Waals surface area contributed by atoms with Crippen LogP contribution in [0, 0.1) is 17.5 Å². The topological polar surface area (TPSA) is 108 Å². The van der Waals surface area contributed by atoms with E-state index in [1.54, 1.807) is 11.6 Å². The maximum atomic E-state index is 13.5. The molecule has 176 valence electrons. The number of urea groups is 1. The molecule has 1 N–H and O–H groups in total. The van der Waals surface area contributed by atoms with Crippen molar-refractivity contribution in [3.8, 4) is 0 Å². The standard InChI is InChI=1S/C19H19F3N6O4S/c1-11-8-27-17(9-26(11)19(30)24-13-5-14(20)18(22)15(21)6-13)16(7-23-27)28-4-3-25(12(2)29)10-33(28,31)32/h3-7,11H,8-10H2,1-2H3,(H,24,30)/t11-/m0/s1. The number of rotatable bonds is 2. The minimum Gasteiger partial charge on any atom is -0.314 e. The molecule has 0 spiro atoms. The molecule has 0 radical (unpaired) electrons. The average Bonchev–Trinajstić information content (AvgIpc) is 3.12. The highest BCUT2D eigenvalue weighted by molar-refractivity contribution is 7.92. The first kappa shape index (κ1) is 22.6. The van der Waals surface area contributed by atoms with E-state index in [1.807, 2.05) is 0 Å². The van der Waals surface area contributed by atoms with Crippen LogP contribution in [0.15, 0.2) is 30.7 Å². The van der Waals surface area contributed by atoms with Gasteiger partial charge in [-0.3, -0.25) is 9.48 Å². The van der Waals surface area contributed by atoms with E-state index in [2.05, 4.69) is 10.4 Å². The van der Waals surface area contributed by atoms with E-state index in [9.17, 15) is 31.2 Å². The van der Waals surface area contributed by atoms with Gasteiger partial charge in [-0.05, 0) is 6.92 Å². The summed E-state index contributed by atoms with van der Waals surface area (Å²) < 4.78 is 68.2. The SMILES string of the molecule is CC(=O)N1C=CN(c2cnn3c2CN(C(=O)Nc2cc(F)c(F)c(F)c2)[C@@H](C)C3)S(=O)(=O)C1. The van der Waals surface area contributed by atoms with Crippen LogP contribution in [0.2, 0.25) is 0 Å². The van der Waals surface area contributed by atoms with E-state index in [0.29, 0.717) is 17.8 Å². The second-order valence-corrected chi connectivity index (χ2v) is 9.46. The number of hydrogen-bond donors (Lipinski definition) is 1. The molecule has 0 aliphatic carbocycles. The van der Waals surface area contributed by atoms with Crippen molar-refractivity contribution in [2.24, 2.45) is 0 Å². The van der Waals surface area contributed by atoms with E-state index in [1.165, 1.54) is 30.4 Å². The molecule has 1 aromatic carbocycles. The van der Waals surface area contributed by atoms with Gasteiger partial charge in [-0.1, -0.05) is 0 Å². The van der Waals surface area contributed by atoms with Gasteiger partial charge in [0.2, 0.25) is 5.91 Å². The first-order chi connectivity index (χ1) is 15.5. The van der Waals surface area contributed by atoms with Gasteiger partial charge in [0.15, 0.2) is 17.5 Å². The summed E-state index contributed by atoms with van der Waals surface area (Å²) in [6, 6.07) is 0.201. The van der Waals surface area contributed by atoms with Crippen molar-refractivity contribution in [2.75, 3.05) is 15.5 Å². The van der Waals surface area contributed by atoms with Crippen LogP contribution < -0.4 is 9.62 Å². The van der Waals surface area contributed by atoms with Gasteiger partial charge in [0, 0.05) is 37.1 Å². The van der Waals surface area contributed by atoms with Crippen LogP contribution in [-0.4, -0.2) is 51.9 Å². The lowest BCUT2D eigenvalue weighted by Crippen LogP contribution is -2.47. The summed E-state index contributed by atoms with van der Waals surface area (Å²) in [5.41, 5.74) is 0.344. The molecule has 1 atom stereocenters. The number of benzene rings is 1. The summed E-state index contributed by atoms with van der Waals surface area (Å²) in [5.74, 6) is -5.52.